The average molecular weight is 387 g/mol. The lowest BCUT2D eigenvalue weighted by molar-refractivity contribution is -0.131. The molecule has 3 rings (SSSR count). The van der Waals surface area contributed by atoms with Gasteiger partial charge in [0.25, 0.3) is 5.91 Å². The van der Waals surface area contributed by atoms with Gasteiger partial charge >= 0.3 is 11.9 Å². The molecule has 142 valence electrons. The van der Waals surface area contributed by atoms with Gasteiger partial charge < -0.3 is 15.2 Å². The Morgan fingerprint density at radius 1 is 1.26 bits per heavy atom. The van der Waals surface area contributed by atoms with E-state index >= 15 is 0 Å². The lowest BCUT2D eigenvalue weighted by Gasteiger charge is -2.29. The summed E-state index contributed by atoms with van der Waals surface area (Å²) in [7, 11) is 0. The average Bonchev–Trinajstić information content (AvgIpc) is 2.90. The van der Waals surface area contributed by atoms with Crippen molar-refractivity contribution in [1.29, 1.82) is 0 Å². The Labute approximate surface area is 161 Å². The zero-order valence-electron chi connectivity index (χ0n) is 15.4. The maximum atomic E-state index is 12.6. The highest BCUT2D eigenvalue weighted by atomic mass is 32.1. The lowest BCUT2D eigenvalue weighted by atomic mass is 9.77. The van der Waals surface area contributed by atoms with E-state index < -0.39 is 17.8 Å². The summed E-state index contributed by atoms with van der Waals surface area (Å²) in [4.78, 5) is 36.5. The standard InChI is InChI=1S/C20H21NO5S/c1-11(22)26-13-6-4-5-12(9-13)17(23)21-18-16(19(24)25)14-7-8-20(2,3)10-15(14)27-18/h4-6,9H,7-8,10H2,1-3H3,(H,21,23)(H,24,25). The number of aromatic carboxylic acids is 1. The fourth-order valence-electron chi connectivity index (χ4n) is 3.26. The van der Waals surface area contributed by atoms with Gasteiger partial charge in [-0.2, -0.15) is 0 Å². The number of carboxylic acid groups (broad SMARTS) is 1. The third-order valence-corrected chi connectivity index (χ3v) is 5.73. The Morgan fingerprint density at radius 3 is 2.67 bits per heavy atom. The Bertz CT molecular complexity index is 928. The summed E-state index contributed by atoms with van der Waals surface area (Å²) < 4.78 is 5.00. The number of hydrogen-bond acceptors (Lipinski definition) is 5. The van der Waals surface area contributed by atoms with Gasteiger partial charge in [-0.25, -0.2) is 4.79 Å². The zero-order valence-corrected chi connectivity index (χ0v) is 16.2. The molecule has 0 radical (unpaired) electrons. The minimum atomic E-state index is -1.03. The molecule has 2 N–H and O–H groups in total. The van der Waals surface area contributed by atoms with E-state index in [4.69, 9.17) is 4.74 Å². The van der Waals surface area contributed by atoms with Crippen LogP contribution in [0.25, 0.3) is 0 Å². The molecule has 1 aliphatic rings. The predicted molar refractivity (Wildman–Crippen MR) is 103 cm³/mol. The first kappa shape index (κ1) is 19.1. The summed E-state index contributed by atoms with van der Waals surface area (Å²) in [5.41, 5.74) is 1.43. The second-order valence-corrected chi connectivity index (χ2v) is 8.53. The molecule has 0 atom stereocenters. The minimum absolute atomic E-state index is 0.118. The van der Waals surface area contributed by atoms with E-state index in [-0.39, 0.29) is 22.3 Å². The molecule has 0 aliphatic heterocycles. The number of hydrogen-bond donors (Lipinski definition) is 2. The van der Waals surface area contributed by atoms with Crippen LogP contribution in [0, 0.1) is 5.41 Å². The highest BCUT2D eigenvalue weighted by molar-refractivity contribution is 7.17. The molecule has 1 amide bonds. The SMILES string of the molecule is CC(=O)Oc1cccc(C(=O)Nc2sc3c(c2C(=O)O)CCC(C)(C)C3)c1. The number of thiophene rings is 1. The molecule has 7 heteroatoms. The van der Waals surface area contributed by atoms with Crippen molar-refractivity contribution in [1.82, 2.24) is 0 Å². The van der Waals surface area contributed by atoms with E-state index in [1.807, 2.05) is 0 Å². The molecule has 1 aromatic heterocycles. The minimum Gasteiger partial charge on any atom is -0.478 e. The number of rotatable bonds is 4. The number of carbonyl (C=O) groups is 3. The topological polar surface area (TPSA) is 92.7 Å². The van der Waals surface area contributed by atoms with Gasteiger partial charge in [0.2, 0.25) is 0 Å². The van der Waals surface area contributed by atoms with Crippen LogP contribution in [0.3, 0.4) is 0 Å². The fraction of sp³-hybridized carbons (Fsp3) is 0.350. The van der Waals surface area contributed by atoms with Crippen LogP contribution in [0.1, 0.15) is 58.3 Å². The molecular weight excluding hydrogens is 366 g/mol. The molecule has 0 saturated carbocycles. The molecule has 0 bridgehead atoms. The van der Waals surface area contributed by atoms with Crippen molar-refractivity contribution < 1.29 is 24.2 Å². The number of benzene rings is 1. The van der Waals surface area contributed by atoms with Crippen molar-refractivity contribution in [3.63, 3.8) is 0 Å². The molecule has 0 fully saturated rings. The number of amides is 1. The third-order valence-electron chi connectivity index (χ3n) is 4.58. The highest BCUT2D eigenvalue weighted by Gasteiger charge is 2.32. The van der Waals surface area contributed by atoms with Gasteiger partial charge in [0.15, 0.2) is 0 Å². The number of anilines is 1. The van der Waals surface area contributed by atoms with Crippen molar-refractivity contribution in [2.75, 3.05) is 5.32 Å². The van der Waals surface area contributed by atoms with Gasteiger partial charge in [-0.15, -0.1) is 11.3 Å². The summed E-state index contributed by atoms with van der Waals surface area (Å²) in [5.74, 6) is -1.68. The first-order valence-electron chi connectivity index (χ1n) is 8.64. The van der Waals surface area contributed by atoms with Crippen LogP contribution < -0.4 is 10.1 Å². The van der Waals surface area contributed by atoms with Gasteiger partial charge in [0.1, 0.15) is 10.8 Å². The number of carbonyl (C=O) groups excluding carboxylic acids is 2. The van der Waals surface area contributed by atoms with Gasteiger partial charge in [-0.3, -0.25) is 9.59 Å². The zero-order chi connectivity index (χ0) is 19.8. The predicted octanol–water partition coefficient (Wildman–Crippen LogP) is 4.14. The number of nitrogens with one attached hydrogen (secondary N) is 1. The number of esters is 1. The van der Waals surface area contributed by atoms with Gasteiger partial charge in [-0.05, 0) is 48.4 Å². The van der Waals surface area contributed by atoms with Crippen molar-refractivity contribution in [2.45, 2.75) is 40.0 Å². The van der Waals surface area contributed by atoms with Crippen LogP contribution in [-0.4, -0.2) is 23.0 Å². The summed E-state index contributed by atoms with van der Waals surface area (Å²) >= 11 is 1.33. The van der Waals surface area contributed by atoms with Crippen molar-refractivity contribution in [2.24, 2.45) is 5.41 Å². The number of ether oxygens (including phenoxy) is 1. The monoisotopic (exact) mass is 387 g/mol. The molecule has 1 aliphatic carbocycles. The molecule has 2 aromatic rings. The largest absolute Gasteiger partial charge is 0.478 e. The number of carboxylic acids is 1. The maximum Gasteiger partial charge on any atom is 0.339 e. The smallest absolute Gasteiger partial charge is 0.339 e. The second-order valence-electron chi connectivity index (χ2n) is 7.43. The van der Waals surface area contributed by atoms with E-state index in [1.165, 1.54) is 24.3 Å². The van der Waals surface area contributed by atoms with E-state index in [0.29, 0.717) is 11.4 Å². The Kier molecular flexibility index (Phi) is 5.06. The lowest BCUT2D eigenvalue weighted by Crippen LogP contribution is -2.22. The third kappa shape index (κ3) is 4.19. The van der Waals surface area contributed by atoms with Crippen LogP contribution in [-0.2, 0) is 17.6 Å². The molecule has 0 unspecified atom stereocenters. The molecule has 0 saturated heterocycles. The normalized spacial score (nSPS) is 14.9. The first-order chi connectivity index (χ1) is 12.7. The van der Waals surface area contributed by atoms with Crippen LogP contribution in [0.15, 0.2) is 24.3 Å². The van der Waals surface area contributed by atoms with E-state index in [0.717, 1.165) is 23.3 Å². The quantitative estimate of drug-likeness (QED) is 0.608. The summed E-state index contributed by atoms with van der Waals surface area (Å²) in [6, 6.07) is 6.22. The molecular formula is C20H21NO5S. The summed E-state index contributed by atoms with van der Waals surface area (Å²) in [6.07, 6.45) is 2.40. The fourth-order valence-corrected chi connectivity index (χ4v) is 4.76. The van der Waals surface area contributed by atoms with Crippen molar-refractivity contribution in [3.8, 4) is 5.75 Å². The van der Waals surface area contributed by atoms with Crippen LogP contribution in [0.4, 0.5) is 5.00 Å². The Morgan fingerprint density at radius 2 is 2.00 bits per heavy atom. The molecule has 0 spiro atoms. The van der Waals surface area contributed by atoms with Crippen LogP contribution >= 0.6 is 11.3 Å². The van der Waals surface area contributed by atoms with E-state index in [2.05, 4.69) is 19.2 Å². The Balaban J connectivity index is 1.89. The summed E-state index contributed by atoms with van der Waals surface area (Å²) in [5, 5.41) is 12.8. The Hall–Kier alpha value is -2.67. The van der Waals surface area contributed by atoms with E-state index in [9.17, 15) is 19.5 Å². The van der Waals surface area contributed by atoms with Gasteiger partial charge in [-0.1, -0.05) is 19.9 Å². The first-order valence-corrected chi connectivity index (χ1v) is 9.45. The van der Waals surface area contributed by atoms with Crippen molar-refractivity contribution >= 4 is 34.2 Å². The maximum absolute atomic E-state index is 12.6. The van der Waals surface area contributed by atoms with Crippen LogP contribution in [0.5, 0.6) is 5.75 Å². The molecule has 27 heavy (non-hydrogen) atoms. The van der Waals surface area contributed by atoms with Gasteiger partial charge in [0.05, 0.1) is 5.56 Å². The van der Waals surface area contributed by atoms with Crippen molar-refractivity contribution in [3.05, 3.63) is 45.8 Å². The summed E-state index contributed by atoms with van der Waals surface area (Å²) in [6.45, 7) is 5.60. The number of fused-ring (bicyclic) bond motifs is 1. The second kappa shape index (κ2) is 7.15. The highest BCUT2D eigenvalue weighted by Crippen LogP contribution is 2.43. The van der Waals surface area contributed by atoms with E-state index in [1.54, 1.807) is 18.2 Å². The van der Waals surface area contributed by atoms with Crippen LogP contribution in [0.2, 0.25) is 0 Å². The molecule has 1 aromatic carbocycles. The molecule has 1 heterocycles. The van der Waals surface area contributed by atoms with Gasteiger partial charge in [0, 0.05) is 17.4 Å². The molecule has 6 nitrogen and oxygen atoms in total.